The van der Waals surface area contributed by atoms with Crippen molar-refractivity contribution in [2.45, 2.75) is 39.3 Å². The van der Waals surface area contributed by atoms with Gasteiger partial charge in [-0.1, -0.05) is 12.1 Å². The average Bonchev–Trinajstić information content (AvgIpc) is 2.90. The van der Waals surface area contributed by atoms with E-state index < -0.39 is 0 Å². The van der Waals surface area contributed by atoms with Gasteiger partial charge in [0.25, 0.3) is 0 Å². The first-order valence-electron chi connectivity index (χ1n) is 8.56. The number of para-hydroxylation sites is 2. The number of nitrogens with zero attached hydrogens (tertiary/aromatic N) is 3. The number of aryl methyl sites for hydroxylation is 1. The average molecular weight is 345 g/mol. The quantitative estimate of drug-likeness (QED) is 0.748. The molecule has 0 saturated carbocycles. The SMILES string of the molecule is CCOc1ccccc1OCc1nnc2n1CCC(C(=O)OC)CC2. The van der Waals surface area contributed by atoms with Gasteiger partial charge in [-0.3, -0.25) is 4.79 Å². The zero-order valence-corrected chi connectivity index (χ0v) is 14.6. The lowest BCUT2D eigenvalue weighted by molar-refractivity contribution is -0.145. The summed E-state index contributed by atoms with van der Waals surface area (Å²) in [6.07, 6.45) is 2.17. The van der Waals surface area contributed by atoms with Gasteiger partial charge in [0, 0.05) is 13.0 Å². The molecule has 25 heavy (non-hydrogen) atoms. The van der Waals surface area contributed by atoms with Gasteiger partial charge in [-0.2, -0.15) is 0 Å². The van der Waals surface area contributed by atoms with Crippen LogP contribution in [-0.4, -0.2) is 34.5 Å². The van der Waals surface area contributed by atoms with Gasteiger partial charge in [0.1, 0.15) is 12.4 Å². The molecule has 0 N–H and O–H groups in total. The minimum absolute atomic E-state index is 0.0841. The third-order valence-electron chi connectivity index (χ3n) is 4.36. The molecule has 7 heteroatoms. The van der Waals surface area contributed by atoms with Crippen molar-refractivity contribution in [2.75, 3.05) is 13.7 Å². The van der Waals surface area contributed by atoms with Crippen molar-refractivity contribution in [2.24, 2.45) is 5.92 Å². The number of carbonyl (C=O) groups is 1. The summed E-state index contributed by atoms with van der Waals surface area (Å²) in [6, 6.07) is 7.57. The highest BCUT2D eigenvalue weighted by molar-refractivity contribution is 5.72. The Morgan fingerprint density at radius 2 is 1.96 bits per heavy atom. The monoisotopic (exact) mass is 345 g/mol. The largest absolute Gasteiger partial charge is 0.490 e. The summed E-state index contributed by atoms with van der Waals surface area (Å²) in [4.78, 5) is 11.8. The Hall–Kier alpha value is -2.57. The second kappa shape index (κ2) is 8.00. The van der Waals surface area contributed by atoms with E-state index in [1.54, 1.807) is 0 Å². The van der Waals surface area contributed by atoms with Crippen molar-refractivity contribution in [3.05, 3.63) is 35.9 Å². The van der Waals surface area contributed by atoms with Crippen LogP contribution in [0.4, 0.5) is 0 Å². The molecule has 0 bridgehead atoms. The zero-order chi connectivity index (χ0) is 17.6. The van der Waals surface area contributed by atoms with Gasteiger partial charge in [-0.05, 0) is 31.9 Å². The Morgan fingerprint density at radius 3 is 2.68 bits per heavy atom. The van der Waals surface area contributed by atoms with Crippen LogP contribution in [0, 0.1) is 5.92 Å². The van der Waals surface area contributed by atoms with Crippen LogP contribution >= 0.6 is 0 Å². The summed E-state index contributed by atoms with van der Waals surface area (Å²) >= 11 is 0. The van der Waals surface area contributed by atoms with Crippen LogP contribution in [0.1, 0.15) is 31.4 Å². The maximum atomic E-state index is 11.8. The van der Waals surface area contributed by atoms with Crippen molar-refractivity contribution in [1.29, 1.82) is 0 Å². The van der Waals surface area contributed by atoms with E-state index in [9.17, 15) is 4.79 Å². The maximum Gasteiger partial charge on any atom is 0.308 e. The van der Waals surface area contributed by atoms with E-state index in [-0.39, 0.29) is 11.9 Å². The van der Waals surface area contributed by atoms with E-state index in [2.05, 4.69) is 10.2 Å². The standard InChI is InChI=1S/C18H23N3O4/c1-3-24-14-6-4-5-7-15(14)25-12-17-20-19-16-9-8-13(18(22)23-2)10-11-21(16)17/h4-7,13H,3,8-12H2,1-2H3. The van der Waals surface area contributed by atoms with Gasteiger partial charge in [-0.25, -0.2) is 0 Å². The first kappa shape index (κ1) is 17.3. The minimum atomic E-state index is -0.151. The fraction of sp³-hybridized carbons (Fsp3) is 0.500. The molecule has 0 amide bonds. The zero-order valence-electron chi connectivity index (χ0n) is 14.6. The van der Waals surface area contributed by atoms with Crippen LogP contribution in [0.2, 0.25) is 0 Å². The van der Waals surface area contributed by atoms with E-state index in [0.29, 0.717) is 37.7 Å². The summed E-state index contributed by atoms with van der Waals surface area (Å²) in [7, 11) is 1.43. The van der Waals surface area contributed by atoms with E-state index in [4.69, 9.17) is 14.2 Å². The fourth-order valence-corrected chi connectivity index (χ4v) is 3.04. The minimum Gasteiger partial charge on any atom is -0.490 e. The molecule has 7 nitrogen and oxygen atoms in total. The molecule has 0 spiro atoms. The molecule has 0 saturated heterocycles. The van der Waals surface area contributed by atoms with E-state index >= 15 is 0 Å². The van der Waals surface area contributed by atoms with Crippen LogP contribution in [0.15, 0.2) is 24.3 Å². The van der Waals surface area contributed by atoms with Gasteiger partial charge in [-0.15, -0.1) is 10.2 Å². The smallest absolute Gasteiger partial charge is 0.308 e. The summed E-state index contributed by atoms with van der Waals surface area (Å²) in [6.45, 7) is 3.51. The normalized spacial score (nSPS) is 16.6. The third kappa shape index (κ3) is 3.92. The molecule has 1 aromatic heterocycles. The lowest BCUT2D eigenvalue weighted by Crippen LogP contribution is -2.17. The number of hydrogen-bond donors (Lipinski definition) is 0. The van der Waals surface area contributed by atoms with Crippen LogP contribution in [-0.2, 0) is 29.1 Å². The van der Waals surface area contributed by atoms with Crippen molar-refractivity contribution in [1.82, 2.24) is 14.8 Å². The first-order chi connectivity index (χ1) is 12.2. The highest BCUT2D eigenvalue weighted by atomic mass is 16.5. The van der Waals surface area contributed by atoms with Crippen LogP contribution in [0.5, 0.6) is 11.5 Å². The molecule has 1 aliphatic rings. The van der Waals surface area contributed by atoms with Crippen LogP contribution in [0.25, 0.3) is 0 Å². The summed E-state index contributed by atoms with van der Waals surface area (Å²) in [5.41, 5.74) is 0. The lowest BCUT2D eigenvalue weighted by Gasteiger charge is -2.13. The molecule has 2 heterocycles. The number of ether oxygens (including phenoxy) is 3. The van der Waals surface area contributed by atoms with Gasteiger partial charge in [0.15, 0.2) is 17.3 Å². The molecule has 3 rings (SSSR count). The molecule has 1 aliphatic heterocycles. The lowest BCUT2D eigenvalue weighted by atomic mass is 10.0. The molecular formula is C18H23N3O4. The Morgan fingerprint density at radius 1 is 1.20 bits per heavy atom. The number of benzene rings is 1. The van der Waals surface area contributed by atoms with Gasteiger partial charge >= 0.3 is 5.97 Å². The van der Waals surface area contributed by atoms with Gasteiger partial charge < -0.3 is 18.8 Å². The second-order valence-electron chi connectivity index (χ2n) is 5.90. The highest BCUT2D eigenvalue weighted by Gasteiger charge is 2.25. The molecule has 0 fully saturated rings. The Kier molecular flexibility index (Phi) is 5.53. The molecule has 2 aromatic rings. The summed E-state index contributed by atoms with van der Waals surface area (Å²) in [5.74, 6) is 2.81. The number of aromatic nitrogens is 3. The summed E-state index contributed by atoms with van der Waals surface area (Å²) < 4.78 is 18.4. The molecule has 134 valence electrons. The number of esters is 1. The molecule has 1 unspecified atom stereocenters. The predicted molar refractivity (Wildman–Crippen MR) is 90.4 cm³/mol. The van der Waals surface area contributed by atoms with Gasteiger partial charge in [0.2, 0.25) is 0 Å². The molecular weight excluding hydrogens is 322 g/mol. The molecule has 0 radical (unpaired) electrons. The molecule has 1 aromatic carbocycles. The van der Waals surface area contributed by atoms with E-state index in [1.807, 2.05) is 35.8 Å². The number of fused-ring (bicyclic) bond motifs is 1. The number of methoxy groups -OCH3 is 1. The Bertz CT molecular complexity index is 729. The summed E-state index contributed by atoms with van der Waals surface area (Å²) in [5, 5.41) is 8.51. The number of hydrogen-bond acceptors (Lipinski definition) is 6. The Balaban J connectivity index is 1.69. The predicted octanol–water partition coefficient (Wildman–Crippen LogP) is 2.38. The topological polar surface area (TPSA) is 75.5 Å². The van der Waals surface area contributed by atoms with Crippen molar-refractivity contribution in [3.8, 4) is 11.5 Å². The fourth-order valence-electron chi connectivity index (χ4n) is 3.04. The van der Waals surface area contributed by atoms with E-state index in [1.165, 1.54) is 7.11 Å². The molecule has 0 aliphatic carbocycles. The van der Waals surface area contributed by atoms with Gasteiger partial charge in [0.05, 0.1) is 19.6 Å². The number of rotatable bonds is 6. The van der Waals surface area contributed by atoms with Crippen molar-refractivity contribution in [3.63, 3.8) is 0 Å². The Labute approximate surface area is 146 Å². The van der Waals surface area contributed by atoms with Crippen molar-refractivity contribution < 1.29 is 19.0 Å². The molecule has 1 atom stereocenters. The van der Waals surface area contributed by atoms with E-state index in [0.717, 1.165) is 24.5 Å². The number of carbonyl (C=O) groups excluding carboxylic acids is 1. The van der Waals surface area contributed by atoms with Crippen molar-refractivity contribution >= 4 is 5.97 Å². The highest BCUT2D eigenvalue weighted by Crippen LogP contribution is 2.27. The van der Waals surface area contributed by atoms with Crippen LogP contribution < -0.4 is 9.47 Å². The maximum absolute atomic E-state index is 11.8. The first-order valence-corrected chi connectivity index (χ1v) is 8.56. The second-order valence-corrected chi connectivity index (χ2v) is 5.90. The van der Waals surface area contributed by atoms with Crippen LogP contribution in [0.3, 0.4) is 0 Å². The third-order valence-corrected chi connectivity index (χ3v) is 4.36.